The zero-order chi connectivity index (χ0) is 19.9. The van der Waals surface area contributed by atoms with Crippen LogP contribution in [0.1, 0.15) is 54.9 Å². The fraction of sp³-hybridized carbons (Fsp3) is 0.417. The molecule has 0 radical (unpaired) electrons. The maximum Gasteiger partial charge on any atom is 0.142 e. The molecule has 28 heavy (non-hydrogen) atoms. The first-order valence-electron chi connectivity index (χ1n) is 9.93. The summed E-state index contributed by atoms with van der Waals surface area (Å²) >= 11 is 0. The van der Waals surface area contributed by atoms with Crippen LogP contribution in [0, 0.1) is 29.0 Å². The summed E-state index contributed by atoms with van der Waals surface area (Å²) in [6, 6.07) is 15.9. The lowest BCUT2D eigenvalue weighted by Crippen LogP contribution is -2.32. The normalized spacial score (nSPS) is 21.4. The van der Waals surface area contributed by atoms with Crippen molar-refractivity contribution in [3.05, 3.63) is 71.0 Å². The Balaban J connectivity index is 1.83. The number of methoxy groups -OCH3 is 1. The molecule has 1 aliphatic carbocycles. The molecule has 4 heteroatoms. The largest absolute Gasteiger partial charge is 0.376 e. The molecule has 0 heterocycles. The SMILES string of the molecule is COC(c1cccc(F)c1)C1CCCCCC(Cc2ccc(C#N)cc2)C1=O. The van der Waals surface area contributed by atoms with Gasteiger partial charge in [0.2, 0.25) is 0 Å². The average molecular weight is 379 g/mol. The van der Waals surface area contributed by atoms with E-state index in [1.165, 1.54) is 12.1 Å². The predicted octanol–water partition coefficient (Wildman–Crippen LogP) is 5.39. The number of Topliss-reactive ketones (excluding diaryl/α,β-unsaturated/α-hetero) is 1. The molecule has 0 amide bonds. The molecule has 0 N–H and O–H groups in total. The van der Waals surface area contributed by atoms with Crippen molar-refractivity contribution in [2.45, 2.75) is 44.6 Å². The Morgan fingerprint density at radius 1 is 1.14 bits per heavy atom. The molecule has 3 unspecified atom stereocenters. The van der Waals surface area contributed by atoms with E-state index in [-0.39, 0.29) is 23.4 Å². The van der Waals surface area contributed by atoms with Gasteiger partial charge in [0.05, 0.1) is 17.7 Å². The van der Waals surface area contributed by atoms with Gasteiger partial charge >= 0.3 is 0 Å². The summed E-state index contributed by atoms with van der Waals surface area (Å²) in [7, 11) is 1.59. The van der Waals surface area contributed by atoms with E-state index in [1.54, 1.807) is 25.3 Å². The first kappa shape index (κ1) is 20.2. The summed E-state index contributed by atoms with van der Waals surface area (Å²) in [5, 5.41) is 8.97. The van der Waals surface area contributed by atoms with Crippen LogP contribution in [0.15, 0.2) is 48.5 Å². The van der Waals surface area contributed by atoms with Crippen LogP contribution in [0.2, 0.25) is 0 Å². The Kier molecular flexibility index (Phi) is 6.95. The molecule has 1 fully saturated rings. The van der Waals surface area contributed by atoms with Gasteiger partial charge in [-0.25, -0.2) is 4.39 Å². The second-order valence-electron chi connectivity index (χ2n) is 7.57. The monoisotopic (exact) mass is 379 g/mol. The van der Waals surface area contributed by atoms with Crippen LogP contribution >= 0.6 is 0 Å². The molecule has 0 saturated heterocycles. The van der Waals surface area contributed by atoms with Crippen molar-refractivity contribution in [1.29, 1.82) is 5.26 Å². The third-order valence-electron chi connectivity index (χ3n) is 5.70. The maximum atomic E-state index is 13.7. The highest BCUT2D eigenvalue weighted by Gasteiger charge is 2.35. The van der Waals surface area contributed by atoms with Crippen molar-refractivity contribution in [3.63, 3.8) is 0 Å². The number of benzene rings is 2. The molecule has 1 aliphatic rings. The van der Waals surface area contributed by atoms with Gasteiger partial charge in [-0.1, -0.05) is 43.5 Å². The summed E-state index contributed by atoms with van der Waals surface area (Å²) in [4.78, 5) is 13.5. The maximum absolute atomic E-state index is 13.7. The second-order valence-corrected chi connectivity index (χ2v) is 7.57. The summed E-state index contributed by atoms with van der Waals surface area (Å²) < 4.78 is 19.4. The Labute approximate surface area is 166 Å². The van der Waals surface area contributed by atoms with E-state index in [1.807, 2.05) is 18.2 Å². The summed E-state index contributed by atoms with van der Waals surface area (Å²) in [6.07, 6.45) is 4.97. The highest BCUT2D eigenvalue weighted by Crippen LogP contribution is 2.36. The van der Waals surface area contributed by atoms with E-state index < -0.39 is 6.10 Å². The van der Waals surface area contributed by atoms with Crippen molar-refractivity contribution >= 4 is 5.78 Å². The summed E-state index contributed by atoms with van der Waals surface area (Å²) in [6.45, 7) is 0. The number of hydrogen-bond acceptors (Lipinski definition) is 3. The Hall–Kier alpha value is -2.51. The number of carbonyl (C=O) groups excluding carboxylic acids is 1. The molecule has 0 aromatic heterocycles. The fourth-order valence-electron chi connectivity index (χ4n) is 4.24. The van der Waals surface area contributed by atoms with Gasteiger partial charge in [-0.05, 0) is 54.7 Å². The van der Waals surface area contributed by atoms with Crippen LogP contribution in [-0.4, -0.2) is 12.9 Å². The van der Waals surface area contributed by atoms with Crippen molar-refractivity contribution in [1.82, 2.24) is 0 Å². The minimum absolute atomic E-state index is 0.0792. The van der Waals surface area contributed by atoms with Crippen LogP contribution in [0.3, 0.4) is 0 Å². The van der Waals surface area contributed by atoms with Crippen LogP contribution in [0.5, 0.6) is 0 Å². The molecular weight excluding hydrogens is 353 g/mol. The van der Waals surface area contributed by atoms with Crippen LogP contribution in [0.4, 0.5) is 4.39 Å². The van der Waals surface area contributed by atoms with Gasteiger partial charge in [0.15, 0.2) is 0 Å². The third-order valence-corrected chi connectivity index (χ3v) is 5.70. The van der Waals surface area contributed by atoms with Crippen LogP contribution in [0.25, 0.3) is 0 Å². The quantitative estimate of drug-likeness (QED) is 0.699. The zero-order valence-electron chi connectivity index (χ0n) is 16.2. The summed E-state index contributed by atoms with van der Waals surface area (Å²) in [5.41, 5.74) is 2.41. The van der Waals surface area contributed by atoms with E-state index in [0.29, 0.717) is 12.0 Å². The molecule has 2 aromatic carbocycles. The Morgan fingerprint density at radius 2 is 1.89 bits per heavy atom. The number of halogens is 1. The predicted molar refractivity (Wildman–Crippen MR) is 106 cm³/mol. The minimum Gasteiger partial charge on any atom is -0.376 e. The molecule has 0 aliphatic heterocycles. The Bertz CT molecular complexity index is 840. The van der Waals surface area contributed by atoms with Gasteiger partial charge in [-0.2, -0.15) is 5.26 Å². The van der Waals surface area contributed by atoms with Crippen molar-refractivity contribution < 1.29 is 13.9 Å². The smallest absolute Gasteiger partial charge is 0.142 e. The molecule has 0 spiro atoms. The van der Waals surface area contributed by atoms with Gasteiger partial charge < -0.3 is 4.74 Å². The van der Waals surface area contributed by atoms with Crippen molar-refractivity contribution in [2.24, 2.45) is 11.8 Å². The molecular formula is C24H26FNO2. The molecule has 3 rings (SSSR count). The molecule has 3 atom stereocenters. The number of ketones is 1. The lowest BCUT2D eigenvalue weighted by Gasteiger charge is -2.31. The van der Waals surface area contributed by atoms with Gasteiger partial charge in [0, 0.05) is 18.9 Å². The first-order chi connectivity index (χ1) is 13.6. The standard InChI is InChI=1S/C24H26FNO2/c1-28-24(20-7-5-8-21(25)15-20)22-9-4-2-3-6-19(23(22)27)14-17-10-12-18(16-26)13-11-17/h5,7-8,10-13,15,19,22,24H,2-4,6,9,14H2,1H3. The van der Waals surface area contributed by atoms with E-state index in [9.17, 15) is 9.18 Å². The Morgan fingerprint density at radius 3 is 2.57 bits per heavy atom. The lowest BCUT2D eigenvalue weighted by atomic mass is 9.76. The van der Waals surface area contributed by atoms with Crippen LogP contribution in [-0.2, 0) is 16.0 Å². The molecule has 146 valence electrons. The highest BCUT2D eigenvalue weighted by molar-refractivity contribution is 5.84. The second kappa shape index (κ2) is 9.61. The number of nitriles is 1. The minimum atomic E-state index is -0.426. The molecule has 3 nitrogen and oxygen atoms in total. The number of hydrogen-bond donors (Lipinski definition) is 0. The van der Waals surface area contributed by atoms with Gasteiger partial charge in [0.1, 0.15) is 11.6 Å². The number of rotatable bonds is 5. The van der Waals surface area contributed by atoms with E-state index >= 15 is 0 Å². The van der Waals surface area contributed by atoms with E-state index in [0.717, 1.165) is 43.2 Å². The molecule has 1 saturated carbocycles. The average Bonchev–Trinajstić information content (AvgIpc) is 2.71. The topological polar surface area (TPSA) is 50.1 Å². The fourth-order valence-corrected chi connectivity index (χ4v) is 4.24. The van der Waals surface area contributed by atoms with Gasteiger partial charge in [-0.3, -0.25) is 4.79 Å². The number of nitrogens with zero attached hydrogens (tertiary/aromatic N) is 1. The first-order valence-corrected chi connectivity index (χ1v) is 9.93. The number of ether oxygens (including phenoxy) is 1. The van der Waals surface area contributed by atoms with Crippen molar-refractivity contribution in [2.75, 3.05) is 7.11 Å². The summed E-state index contributed by atoms with van der Waals surface area (Å²) in [5.74, 6) is -0.452. The van der Waals surface area contributed by atoms with Gasteiger partial charge in [0.25, 0.3) is 0 Å². The zero-order valence-corrected chi connectivity index (χ0v) is 16.2. The lowest BCUT2D eigenvalue weighted by molar-refractivity contribution is -0.132. The molecule has 2 aromatic rings. The van der Waals surface area contributed by atoms with Crippen LogP contribution < -0.4 is 0 Å². The van der Waals surface area contributed by atoms with E-state index in [2.05, 4.69) is 6.07 Å². The highest BCUT2D eigenvalue weighted by atomic mass is 19.1. The number of carbonyl (C=O) groups is 1. The molecule has 0 bridgehead atoms. The van der Waals surface area contributed by atoms with E-state index in [4.69, 9.17) is 10.00 Å². The third kappa shape index (κ3) is 4.85. The van der Waals surface area contributed by atoms with Gasteiger partial charge in [-0.15, -0.1) is 0 Å². The van der Waals surface area contributed by atoms with Crippen molar-refractivity contribution in [3.8, 4) is 6.07 Å².